The molecule has 0 aliphatic carbocycles. The van der Waals surface area contributed by atoms with Gasteiger partial charge in [-0.1, -0.05) is 23.2 Å². The van der Waals surface area contributed by atoms with Crippen molar-refractivity contribution in [2.45, 2.75) is 72.1 Å². The van der Waals surface area contributed by atoms with Crippen molar-refractivity contribution in [1.82, 2.24) is 10.2 Å². The van der Waals surface area contributed by atoms with E-state index in [0.717, 1.165) is 16.7 Å². The fraction of sp³-hybridized carbons (Fsp3) is 0.433. The third kappa shape index (κ3) is 9.61. The van der Waals surface area contributed by atoms with E-state index in [1.807, 2.05) is 0 Å². The van der Waals surface area contributed by atoms with E-state index in [0.29, 0.717) is 36.8 Å². The minimum absolute atomic E-state index is 0.0170. The Hall–Kier alpha value is -2.58. The highest BCUT2D eigenvalue weighted by molar-refractivity contribution is 8.01. The maximum atomic E-state index is 13.1. The van der Waals surface area contributed by atoms with Gasteiger partial charge in [0.1, 0.15) is 29.7 Å². The molecule has 19 heteroatoms. The summed E-state index contributed by atoms with van der Waals surface area (Å²) in [7, 11) is 0. The summed E-state index contributed by atoms with van der Waals surface area (Å²) in [6.07, 6.45) is -8.16. The topological polar surface area (TPSA) is 232 Å². The number of nitrogens with one attached hydrogen (secondary N) is 1. The smallest absolute Gasteiger partial charge is 0.303 e. The summed E-state index contributed by atoms with van der Waals surface area (Å²) < 4.78 is 1.53. The number of carbonyl (C=O) groups is 4. The van der Waals surface area contributed by atoms with Crippen LogP contribution in [0, 0.1) is 6.92 Å². The molecule has 7 N–H and O–H groups in total. The number of halogens is 2. The molecule has 0 radical (unpaired) electrons. The van der Waals surface area contributed by atoms with Crippen LogP contribution in [0.3, 0.4) is 0 Å². The van der Waals surface area contributed by atoms with Crippen molar-refractivity contribution in [1.29, 1.82) is 0 Å². The van der Waals surface area contributed by atoms with E-state index >= 15 is 0 Å². The predicted molar refractivity (Wildman–Crippen MR) is 179 cm³/mol. The van der Waals surface area contributed by atoms with Crippen LogP contribution in [0.2, 0.25) is 10.0 Å². The van der Waals surface area contributed by atoms with Crippen molar-refractivity contribution in [3.8, 4) is 0 Å². The molecule has 2 aromatic rings. The zero-order chi connectivity index (χ0) is 36.2. The van der Waals surface area contributed by atoms with E-state index in [9.17, 15) is 44.7 Å². The predicted octanol–water partition coefficient (Wildman–Crippen LogP) is -0.712. The van der Waals surface area contributed by atoms with Gasteiger partial charge in [-0.15, -0.1) is 35.3 Å². The fourth-order valence-electron chi connectivity index (χ4n) is 5.18. The first-order valence-corrected chi connectivity index (χ1v) is 18.4. The number of aryl methyl sites for hydroxylation is 2. The van der Waals surface area contributed by atoms with E-state index in [-0.39, 0.29) is 42.3 Å². The van der Waals surface area contributed by atoms with E-state index in [2.05, 4.69) is 5.32 Å². The molecule has 266 valence electrons. The van der Waals surface area contributed by atoms with Gasteiger partial charge in [0, 0.05) is 51.8 Å². The number of aliphatic hydroxyl groups is 5. The molecule has 2 aliphatic heterocycles. The van der Waals surface area contributed by atoms with Crippen LogP contribution in [-0.2, 0) is 32.1 Å². The maximum Gasteiger partial charge on any atom is 0.303 e. The molecule has 4 rings (SSSR count). The number of nitrogens with zero attached hydrogens (tertiary/aromatic N) is 2. The van der Waals surface area contributed by atoms with Crippen LogP contribution in [0.1, 0.15) is 17.8 Å². The Bertz CT molecular complexity index is 1650. The van der Waals surface area contributed by atoms with Crippen molar-refractivity contribution < 1.29 is 59.5 Å². The zero-order valence-corrected chi connectivity index (χ0v) is 29.7. The average Bonchev–Trinajstić information content (AvgIpc) is 3.05. The number of rotatable bonds is 16. The zero-order valence-electron chi connectivity index (χ0n) is 25.7. The highest BCUT2D eigenvalue weighted by Crippen LogP contribution is 2.41. The number of aliphatic carboxylic acids is 2. The number of carboxylic acids is 2. The lowest BCUT2D eigenvalue weighted by atomic mass is 10.0. The molecule has 1 saturated heterocycles. The Labute approximate surface area is 303 Å². The first-order chi connectivity index (χ1) is 23.1. The van der Waals surface area contributed by atoms with Gasteiger partial charge in [0.05, 0.1) is 28.9 Å². The Morgan fingerprint density at radius 3 is 2.47 bits per heavy atom. The van der Waals surface area contributed by atoms with Crippen LogP contribution < -0.4 is 15.0 Å². The van der Waals surface area contributed by atoms with Gasteiger partial charge in [-0.2, -0.15) is 4.57 Å². The van der Waals surface area contributed by atoms with Crippen molar-refractivity contribution in [3.63, 3.8) is 0 Å². The first-order valence-electron chi connectivity index (χ1n) is 14.6. The third-order valence-electron chi connectivity index (χ3n) is 7.67. The normalized spacial score (nSPS) is 19.3. The second kappa shape index (κ2) is 17.1. The molecule has 0 bridgehead atoms. The van der Waals surface area contributed by atoms with Crippen molar-refractivity contribution in [2.75, 3.05) is 17.3 Å². The first kappa shape index (κ1) is 39.2. The number of aromatic nitrogens is 1. The average molecular weight is 779 g/mol. The number of fused-ring (bicyclic) bond motifs is 1. The van der Waals surface area contributed by atoms with E-state index < -0.39 is 59.8 Å². The molecule has 5 atom stereocenters. The fourth-order valence-corrected chi connectivity index (χ4v) is 9.01. The molecule has 0 saturated carbocycles. The molecule has 2 aliphatic rings. The lowest BCUT2D eigenvalue weighted by molar-refractivity contribution is -0.717. The van der Waals surface area contributed by atoms with Crippen LogP contribution >= 0.6 is 58.5 Å². The van der Waals surface area contributed by atoms with Gasteiger partial charge in [-0.05, 0) is 23.8 Å². The number of hydrogen-bond donors (Lipinski definition) is 7. The van der Waals surface area contributed by atoms with Crippen molar-refractivity contribution >= 4 is 82.2 Å². The van der Waals surface area contributed by atoms with E-state index in [1.54, 1.807) is 37.3 Å². The van der Waals surface area contributed by atoms with Crippen LogP contribution in [-0.4, -0.2) is 113 Å². The molecule has 14 nitrogen and oxygen atoms in total. The summed E-state index contributed by atoms with van der Waals surface area (Å²) >= 11 is 15.8. The number of aliphatic hydroxyl groups excluding tert-OH is 4. The van der Waals surface area contributed by atoms with E-state index in [4.69, 9.17) is 33.4 Å². The van der Waals surface area contributed by atoms with Crippen LogP contribution in [0.15, 0.2) is 51.4 Å². The van der Waals surface area contributed by atoms with Crippen LogP contribution in [0.25, 0.3) is 0 Å². The van der Waals surface area contributed by atoms with Crippen molar-refractivity contribution in [2.24, 2.45) is 0 Å². The largest absolute Gasteiger partial charge is 0.543 e. The Balaban J connectivity index is 1.46. The molecule has 3 heterocycles. The number of carbonyl (C=O) groups excluding carboxylic acids is 3. The molecule has 0 unspecified atom stereocenters. The van der Waals surface area contributed by atoms with Gasteiger partial charge in [-0.3, -0.25) is 19.3 Å². The minimum atomic E-state index is -2.30. The Morgan fingerprint density at radius 2 is 1.82 bits per heavy atom. The summed E-state index contributed by atoms with van der Waals surface area (Å²) in [4.78, 5) is 51.7. The lowest BCUT2D eigenvalue weighted by Gasteiger charge is -2.50. The van der Waals surface area contributed by atoms with Gasteiger partial charge >= 0.3 is 5.97 Å². The number of pyridine rings is 1. The van der Waals surface area contributed by atoms with Crippen molar-refractivity contribution in [3.05, 3.63) is 63.0 Å². The molecular weight excluding hydrogens is 745 g/mol. The molecule has 1 fully saturated rings. The number of thioether (sulfide) groups is 3. The summed E-state index contributed by atoms with van der Waals surface area (Å²) in [5, 5.41) is 73.0. The molecule has 1 aromatic heterocycles. The summed E-state index contributed by atoms with van der Waals surface area (Å²) in [5.74, 6) is -3.36. The number of hydrogen-bond acceptors (Lipinski definition) is 13. The minimum Gasteiger partial charge on any atom is -0.543 e. The monoisotopic (exact) mass is 777 g/mol. The maximum absolute atomic E-state index is 13.1. The highest BCUT2D eigenvalue weighted by atomic mass is 35.5. The van der Waals surface area contributed by atoms with Gasteiger partial charge in [-0.25, -0.2) is 0 Å². The molecule has 2 amide bonds. The number of carboxylic acid groups (broad SMARTS) is 2. The molecular formula is C30H33Cl2N3O11S3. The second-order valence-corrected chi connectivity index (χ2v) is 15.2. The summed E-state index contributed by atoms with van der Waals surface area (Å²) in [6, 6.07) is 7.24. The summed E-state index contributed by atoms with van der Waals surface area (Å²) in [6.45, 7) is 1.35. The van der Waals surface area contributed by atoms with Gasteiger partial charge < -0.3 is 45.9 Å². The van der Waals surface area contributed by atoms with Gasteiger partial charge in [0.25, 0.3) is 5.91 Å². The summed E-state index contributed by atoms with van der Waals surface area (Å²) in [5.41, 5.74) is 1.10. The highest BCUT2D eigenvalue weighted by Gasteiger charge is 2.52. The second-order valence-electron chi connectivity index (χ2n) is 11.1. The van der Waals surface area contributed by atoms with Crippen LogP contribution in [0.4, 0.5) is 0 Å². The number of β-lactam (4-membered cyclic amide) rings is 1. The number of amides is 2. The lowest BCUT2D eigenvalue weighted by Crippen LogP contribution is -2.71. The quantitative estimate of drug-likeness (QED) is 0.0483. The standard InChI is InChI=1S/C30H33Cl2N3O11S3/c1-13-6-17(8-16(3-5-22(38)39)34(13)9-19(36)25(40)26(41)30(45)46)47-10-14-11-49-28-23(27(42)35(28)24(14)29(43)44)33-21(37)12-48-20-7-15(31)2-4-18(20)32/h2,4,6-8,19,23,25-26,28,30,36,40-41,45-46H,3,5,9-12H2,1H3,(H2-,33,37,38,39,43,44)/t19-,23-,25+,26-,28-/m1/s1. The third-order valence-corrected chi connectivity index (χ3v) is 11.8. The van der Waals surface area contributed by atoms with Gasteiger partial charge in [0.2, 0.25) is 5.91 Å². The SMILES string of the molecule is Cc1cc(SCC2=C(C(=O)[O-])N3C(=O)[C@@H](NC(=O)CSc4cc(Cl)ccc4Cl)[C@H]3SC2)cc(CCC(=O)O)[n+]1C[C@@H](O)[C@H](O)[C@@H](O)C(O)O. The Kier molecular flexibility index (Phi) is 13.7. The molecule has 0 spiro atoms. The van der Waals surface area contributed by atoms with E-state index in [1.165, 1.54) is 28.1 Å². The molecule has 1 aromatic carbocycles. The van der Waals surface area contributed by atoms with Crippen LogP contribution in [0.5, 0.6) is 0 Å². The number of benzene rings is 1. The van der Waals surface area contributed by atoms with Gasteiger partial charge in [0.15, 0.2) is 24.2 Å². The Morgan fingerprint density at radius 1 is 1.10 bits per heavy atom. The molecule has 49 heavy (non-hydrogen) atoms.